The predicted molar refractivity (Wildman–Crippen MR) is 95.7 cm³/mol. The second-order valence-corrected chi connectivity index (χ2v) is 5.39. The molecule has 0 bridgehead atoms. The minimum atomic E-state index is -0.513. The van der Waals surface area contributed by atoms with E-state index in [0.717, 1.165) is 11.1 Å². The molecule has 0 saturated carbocycles. The van der Waals surface area contributed by atoms with Crippen molar-refractivity contribution in [3.8, 4) is 17.2 Å². The summed E-state index contributed by atoms with van der Waals surface area (Å²) < 4.78 is 15.1. The molecule has 134 valence electrons. The molecule has 0 aliphatic carbocycles. The van der Waals surface area contributed by atoms with Crippen LogP contribution in [-0.2, 0) is 14.4 Å². The van der Waals surface area contributed by atoms with Gasteiger partial charge in [-0.05, 0) is 35.4 Å². The van der Waals surface area contributed by atoms with Gasteiger partial charge in [-0.15, -0.1) is 0 Å². The van der Waals surface area contributed by atoms with Crippen LogP contribution in [0.4, 0.5) is 0 Å². The van der Waals surface area contributed by atoms with Crippen molar-refractivity contribution in [3.05, 3.63) is 53.6 Å². The summed E-state index contributed by atoms with van der Waals surface area (Å²) in [6, 6.07) is 11.9. The Morgan fingerprint density at radius 1 is 0.654 bits per heavy atom. The number of ether oxygens (including phenoxy) is 3. The van der Waals surface area contributed by atoms with Crippen LogP contribution in [0.15, 0.2) is 42.5 Å². The fourth-order valence-corrected chi connectivity index (χ4v) is 2.11. The molecular weight excluding hydrogens is 336 g/mol. The Morgan fingerprint density at radius 2 is 1.15 bits per heavy atom. The zero-order chi connectivity index (χ0) is 19.1. The first-order chi connectivity index (χ1) is 12.3. The molecule has 0 fully saturated rings. The molecule has 0 spiro atoms. The quantitative estimate of drug-likeness (QED) is 0.463. The van der Waals surface area contributed by atoms with Gasteiger partial charge >= 0.3 is 17.9 Å². The number of hydrogen-bond acceptors (Lipinski definition) is 6. The molecule has 0 amide bonds. The summed E-state index contributed by atoms with van der Waals surface area (Å²) in [4.78, 5) is 33.3. The van der Waals surface area contributed by atoms with E-state index in [4.69, 9.17) is 14.2 Å². The maximum atomic E-state index is 11.2. The highest BCUT2D eigenvalue weighted by atomic mass is 16.6. The van der Waals surface area contributed by atoms with Crippen molar-refractivity contribution in [2.45, 2.75) is 20.8 Å². The molecule has 0 atom stereocenters. The average Bonchev–Trinajstić information content (AvgIpc) is 2.55. The van der Waals surface area contributed by atoms with Crippen LogP contribution < -0.4 is 14.2 Å². The number of rotatable bonds is 5. The zero-order valence-electron chi connectivity index (χ0n) is 14.6. The highest BCUT2D eigenvalue weighted by Crippen LogP contribution is 2.29. The van der Waals surface area contributed by atoms with Gasteiger partial charge in [-0.25, -0.2) is 0 Å². The fraction of sp³-hybridized carbons (Fsp3) is 0.150. The summed E-state index contributed by atoms with van der Waals surface area (Å²) >= 11 is 0. The molecule has 2 aromatic carbocycles. The number of hydrogen-bond donors (Lipinski definition) is 0. The number of carbonyl (C=O) groups is 3. The van der Waals surface area contributed by atoms with Crippen LogP contribution >= 0.6 is 0 Å². The molecule has 2 aromatic rings. The molecule has 0 N–H and O–H groups in total. The maximum absolute atomic E-state index is 11.2. The highest BCUT2D eigenvalue weighted by molar-refractivity contribution is 5.76. The van der Waals surface area contributed by atoms with Crippen molar-refractivity contribution in [1.82, 2.24) is 0 Å². The second kappa shape index (κ2) is 8.62. The van der Waals surface area contributed by atoms with Crippen molar-refractivity contribution < 1.29 is 28.6 Å². The molecule has 6 nitrogen and oxygen atoms in total. The van der Waals surface area contributed by atoms with E-state index >= 15 is 0 Å². The molecule has 2 rings (SSSR count). The van der Waals surface area contributed by atoms with Crippen LogP contribution in [0.3, 0.4) is 0 Å². The van der Waals surface area contributed by atoms with Crippen LogP contribution in [0.5, 0.6) is 17.2 Å². The van der Waals surface area contributed by atoms with Gasteiger partial charge in [-0.2, -0.15) is 0 Å². The summed E-state index contributed by atoms with van der Waals surface area (Å²) in [5.74, 6) is -0.581. The van der Waals surface area contributed by atoms with Gasteiger partial charge in [0.1, 0.15) is 5.75 Å². The first-order valence-corrected chi connectivity index (χ1v) is 7.81. The van der Waals surface area contributed by atoms with Crippen LogP contribution in [0.2, 0.25) is 0 Å². The first-order valence-electron chi connectivity index (χ1n) is 7.81. The standard InChI is InChI=1S/C20H18O6/c1-13(21)24-18-9-6-16(7-10-18)4-5-17-8-11-19(25-14(2)22)20(12-17)26-15(3)23/h4-12H,1-3H3/b5-4+. The number of carbonyl (C=O) groups excluding carboxylic acids is 3. The Balaban J connectivity index is 2.19. The molecule has 6 heteroatoms. The van der Waals surface area contributed by atoms with Crippen molar-refractivity contribution in [3.63, 3.8) is 0 Å². The highest BCUT2D eigenvalue weighted by Gasteiger charge is 2.10. The SMILES string of the molecule is CC(=O)Oc1ccc(/C=C/c2ccc(OC(C)=O)c(OC(C)=O)c2)cc1. The molecule has 26 heavy (non-hydrogen) atoms. The lowest BCUT2D eigenvalue weighted by atomic mass is 10.1. The van der Waals surface area contributed by atoms with Crippen LogP contribution in [-0.4, -0.2) is 17.9 Å². The maximum Gasteiger partial charge on any atom is 0.308 e. The van der Waals surface area contributed by atoms with Gasteiger partial charge in [0, 0.05) is 20.8 Å². The van der Waals surface area contributed by atoms with E-state index in [0.29, 0.717) is 5.75 Å². The summed E-state index contributed by atoms with van der Waals surface area (Å²) in [6.45, 7) is 3.88. The Labute approximate surface area is 151 Å². The van der Waals surface area contributed by atoms with Gasteiger partial charge < -0.3 is 14.2 Å². The lowest BCUT2D eigenvalue weighted by Gasteiger charge is -2.09. The van der Waals surface area contributed by atoms with Crippen molar-refractivity contribution in [2.75, 3.05) is 0 Å². The largest absolute Gasteiger partial charge is 0.427 e. The van der Waals surface area contributed by atoms with Crippen LogP contribution in [0.25, 0.3) is 12.2 Å². The molecule has 0 saturated heterocycles. The lowest BCUT2D eigenvalue weighted by Crippen LogP contribution is -2.07. The normalized spacial score (nSPS) is 10.4. The Hall–Kier alpha value is -3.41. The molecule has 0 heterocycles. The van der Waals surface area contributed by atoms with E-state index in [1.54, 1.807) is 42.5 Å². The van der Waals surface area contributed by atoms with Gasteiger partial charge in [0.15, 0.2) is 11.5 Å². The summed E-state index contributed by atoms with van der Waals surface area (Å²) in [7, 11) is 0. The topological polar surface area (TPSA) is 78.9 Å². The minimum absolute atomic E-state index is 0.167. The minimum Gasteiger partial charge on any atom is -0.427 e. The Kier molecular flexibility index (Phi) is 6.27. The molecule has 0 aliphatic heterocycles. The predicted octanol–water partition coefficient (Wildman–Crippen LogP) is 3.63. The number of benzene rings is 2. The van der Waals surface area contributed by atoms with Crippen LogP contribution in [0, 0.1) is 0 Å². The average molecular weight is 354 g/mol. The van der Waals surface area contributed by atoms with E-state index in [-0.39, 0.29) is 17.5 Å². The summed E-state index contributed by atoms with van der Waals surface area (Å²) in [6.07, 6.45) is 3.65. The molecule has 0 unspecified atom stereocenters. The lowest BCUT2D eigenvalue weighted by molar-refractivity contribution is -0.134. The van der Waals surface area contributed by atoms with Crippen molar-refractivity contribution in [1.29, 1.82) is 0 Å². The Bertz CT molecular complexity index is 849. The van der Waals surface area contributed by atoms with E-state index in [2.05, 4.69) is 0 Å². The van der Waals surface area contributed by atoms with Gasteiger partial charge in [-0.3, -0.25) is 14.4 Å². The van der Waals surface area contributed by atoms with E-state index in [1.165, 1.54) is 20.8 Å². The smallest absolute Gasteiger partial charge is 0.308 e. The zero-order valence-corrected chi connectivity index (χ0v) is 14.6. The van der Waals surface area contributed by atoms with E-state index in [9.17, 15) is 14.4 Å². The van der Waals surface area contributed by atoms with E-state index in [1.807, 2.05) is 12.2 Å². The summed E-state index contributed by atoms with van der Waals surface area (Å²) in [5, 5.41) is 0. The monoisotopic (exact) mass is 354 g/mol. The Morgan fingerprint density at radius 3 is 1.73 bits per heavy atom. The third kappa shape index (κ3) is 5.90. The van der Waals surface area contributed by atoms with Gasteiger partial charge in [-0.1, -0.05) is 30.4 Å². The number of esters is 3. The molecular formula is C20H18O6. The van der Waals surface area contributed by atoms with Gasteiger partial charge in [0.2, 0.25) is 0 Å². The summed E-state index contributed by atoms with van der Waals surface area (Å²) in [5.41, 5.74) is 1.64. The van der Waals surface area contributed by atoms with Crippen LogP contribution in [0.1, 0.15) is 31.9 Å². The fourth-order valence-electron chi connectivity index (χ4n) is 2.11. The molecule has 0 radical (unpaired) electrons. The van der Waals surface area contributed by atoms with Crippen molar-refractivity contribution >= 4 is 30.1 Å². The van der Waals surface area contributed by atoms with E-state index < -0.39 is 11.9 Å². The third-order valence-corrected chi connectivity index (χ3v) is 3.09. The molecule has 0 aliphatic rings. The second-order valence-electron chi connectivity index (χ2n) is 5.39. The van der Waals surface area contributed by atoms with Gasteiger partial charge in [0.25, 0.3) is 0 Å². The molecule has 0 aromatic heterocycles. The first kappa shape index (κ1) is 18.9. The van der Waals surface area contributed by atoms with Gasteiger partial charge in [0.05, 0.1) is 0 Å². The third-order valence-electron chi connectivity index (χ3n) is 3.09. The van der Waals surface area contributed by atoms with Crippen molar-refractivity contribution in [2.24, 2.45) is 0 Å².